The Morgan fingerprint density at radius 1 is 1.11 bits per heavy atom. The SMILES string of the molecule is O=Cc1nc(-c2cccc(C(F)(F)F)c2)ccc1F. The smallest absolute Gasteiger partial charge is 0.296 e. The molecule has 0 atom stereocenters. The second-order valence-corrected chi connectivity index (χ2v) is 3.76. The summed E-state index contributed by atoms with van der Waals surface area (Å²) in [6, 6.07) is 6.67. The molecule has 0 spiro atoms. The first-order chi connectivity index (χ1) is 8.91. The average Bonchev–Trinajstić information content (AvgIpc) is 2.38. The number of halogens is 4. The van der Waals surface area contributed by atoms with Gasteiger partial charge in [-0.15, -0.1) is 0 Å². The van der Waals surface area contributed by atoms with Gasteiger partial charge in [0.25, 0.3) is 0 Å². The van der Waals surface area contributed by atoms with Crippen molar-refractivity contribution >= 4 is 6.29 Å². The number of carbonyl (C=O) groups excluding carboxylic acids is 1. The number of carbonyl (C=O) groups is 1. The van der Waals surface area contributed by atoms with E-state index in [4.69, 9.17) is 0 Å². The van der Waals surface area contributed by atoms with Crippen molar-refractivity contribution in [2.45, 2.75) is 6.18 Å². The van der Waals surface area contributed by atoms with E-state index in [0.717, 1.165) is 18.2 Å². The molecule has 1 heterocycles. The molecule has 2 aromatic rings. The molecule has 6 heteroatoms. The molecule has 0 radical (unpaired) electrons. The lowest BCUT2D eigenvalue weighted by Crippen LogP contribution is -2.04. The van der Waals surface area contributed by atoms with E-state index in [0.29, 0.717) is 0 Å². The van der Waals surface area contributed by atoms with E-state index < -0.39 is 23.3 Å². The highest BCUT2D eigenvalue weighted by Crippen LogP contribution is 2.31. The van der Waals surface area contributed by atoms with Gasteiger partial charge < -0.3 is 0 Å². The maximum atomic E-state index is 13.1. The van der Waals surface area contributed by atoms with Crippen LogP contribution in [0, 0.1) is 5.82 Å². The number of hydrogen-bond donors (Lipinski definition) is 0. The Morgan fingerprint density at radius 2 is 1.84 bits per heavy atom. The van der Waals surface area contributed by atoms with E-state index >= 15 is 0 Å². The quantitative estimate of drug-likeness (QED) is 0.614. The number of hydrogen-bond acceptors (Lipinski definition) is 2. The first-order valence-corrected chi connectivity index (χ1v) is 5.21. The molecule has 2 nitrogen and oxygen atoms in total. The molecule has 0 aliphatic heterocycles. The summed E-state index contributed by atoms with van der Waals surface area (Å²) in [4.78, 5) is 14.2. The van der Waals surface area contributed by atoms with Gasteiger partial charge >= 0.3 is 6.18 Å². The van der Waals surface area contributed by atoms with Gasteiger partial charge in [-0.25, -0.2) is 9.37 Å². The van der Waals surface area contributed by atoms with Gasteiger partial charge in [-0.2, -0.15) is 13.2 Å². The van der Waals surface area contributed by atoms with Gasteiger partial charge in [0.15, 0.2) is 12.1 Å². The van der Waals surface area contributed by atoms with Gasteiger partial charge in [-0.3, -0.25) is 4.79 Å². The van der Waals surface area contributed by atoms with Crippen LogP contribution in [0.15, 0.2) is 36.4 Å². The van der Waals surface area contributed by atoms with E-state index in [1.807, 2.05) is 0 Å². The Hall–Kier alpha value is -2.24. The van der Waals surface area contributed by atoms with E-state index in [1.165, 1.54) is 18.2 Å². The van der Waals surface area contributed by atoms with Crippen LogP contribution < -0.4 is 0 Å². The monoisotopic (exact) mass is 269 g/mol. The number of alkyl halides is 3. The summed E-state index contributed by atoms with van der Waals surface area (Å²) in [5, 5.41) is 0. The van der Waals surface area contributed by atoms with Crippen molar-refractivity contribution in [2.75, 3.05) is 0 Å². The minimum absolute atomic E-state index is 0.106. The van der Waals surface area contributed by atoms with Gasteiger partial charge in [-0.1, -0.05) is 12.1 Å². The Bertz CT molecular complexity index is 622. The van der Waals surface area contributed by atoms with E-state index in [-0.39, 0.29) is 17.5 Å². The molecule has 0 bridgehead atoms. The van der Waals surface area contributed by atoms with Crippen LogP contribution in [0.4, 0.5) is 17.6 Å². The number of aldehydes is 1. The Kier molecular flexibility index (Phi) is 3.33. The highest BCUT2D eigenvalue weighted by molar-refractivity contribution is 5.74. The zero-order chi connectivity index (χ0) is 14.0. The second kappa shape index (κ2) is 4.79. The van der Waals surface area contributed by atoms with Gasteiger partial charge in [0, 0.05) is 5.56 Å². The third kappa shape index (κ3) is 2.78. The summed E-state index contributed by atoms with van der Waals surface area (Å²) in [5.41, 5.74) is -0.994. The summed E-state index contributed by atoms with van der Waals surface area (Å²) >= 11 is 0. The Labute approximate surface area is 105 Å². The van der Waals surface area contributed by atoms with Crippen LogP contribution in [-0.2, 0) is 6.18 Å². The van der Waals surface area contributed by atoms with Gasteiger partial charge in [0.1, 0.15) is 5.69 Å². The van der Waals surface area contributed by atoms with Crippen molar-refractivity contribution in [3.8, 4) is 11.3 Å². The molecule has 98 valence electrons. The first-order valence-electron chi connectivity index (χ1n) is 5.21. The van der Waals surface area contributed by atoms with Crippen LogP contribution >= 0.6 is 0 Å². The van der Waals surface area contributed by atoms with Crippen LogP contribution in [0.3, 0.4) is 0 Å². The third-order valence-electron chi connectivity index (χ3n) is 2.47. The van der Waals surface area contributed by atoms with E-state index in [9.17, 15) is 22.4 Å². The van der Waals surface area contributed by atoms with Crippen molar-refractivity contribution in [1.82, 2.24) is 4.98 Å². The van der Waals surface area contributed by atoms with E-state index in [1.54, 1.807) is 0 Å². The molecule has 1 aromatic heterocycles. The number of pyridine rings is 1. The predicted molar refractivity (Wildman–Crippen MR) is 60.0 cm³/mol. The Balaban J connectivity index is 2.50. The highest BCUT2D eigenvalue weighted by Gasteiger charge is 2.30. The summed E-state index contributed by atoms with van der Waals surface area (Å²) in [7, 11) is 0. The van der Waals surface area contributed by atoms with Gasteiger partial charge in [0.05, 0.1) is 11.3 Å². The van der Waals surface area contributed by atoms with Crippen molar-refractivity contribution in [3.05, 3.63) is 53.5 Å². The minimum atomic E-state index is -4.47. The molecule has 0 saturated heterocycles. The average molecular weight is 269 g/mol. The van der Waals surface area contributed by atoms with E-state index in [2.05, 4.69) is 4.98 Å². The molecule has 0 fully saturated rings. The number of benzene rings is 1. The number of rotatable bonds is 2. The molecule has 0 saturated carbocycles. The molecule has 19 heavy (non-hydrogen) atoms. The molecule has 0 amide bonds. The molecule has 2 rings (SSSR count). The lowest BCUT2D eigenvalue weighted by molar-refractivity contribution is -0.137. The minimum Gasteiger partial charge on any atom is -0.296 e. The molecule has 0 N–H and O–H groups in total. The molecule has 0 unspecified atom stereocenters. The molecular weight excluding hydrogens is 262 g/mol. The third-order valence-corrected chi connectivity index (χ3v) is 2.47. The largest absolute Gasteiger partial charge is 0.416 e. The van der Waals surface area contributed by atoms with Crippen molar-refractivity contribution in [2.24, 2.45) is 0 Å². The molecule has 0 aliphatic carbocycles. The normalized spacial score (nSPS) is 11.4. The van der Waals surface area contributed by atoms with Crippen molar-refractivity contribution in [1.29, 1.82) is 0 Å². The zero-order valence-corrected chi connectivity index (χ0v) is 9.41. The lowest BCUT2D eigenvalue weighted by Gasteiger charge is -2.08. The summed E-state index contributed by atoms with van der Waals surface area (Å²) in [5.74, 6) is -0.814. The highest BCUT2D eigenvalue weighted by atomic mass is 19.4. The number of aromatic nitrogens is 1. The fourth-order valence-corrected chi connectivity index (χ4v) is 1.56. The van der Waals surface area contributed by atoms with Crippen LogP contribution in [0.25, 0.3) is 11.3 Å². The second-order valence-electron chi connectivity index (χ2n) is 3.76. The molecule has 0 aliphatic rings. The van der Waals surface area contributed by atoms with Gasteiger partial charge in [0.2, 0.25) is 0 Å². The Morgan fingerprint density at radius 3 is 2.47 bits per heavy atom. The molecular formula is C13H7F4NO. The summed E-state index contributed by atoms with van der Waals surface area (Å²) < 4.78 is 50.8. The lowest BCUT2D eigenvalue weighted by atomic mass is 10.1. The fraction of sp³-hybridized carbons (Fsp3) is 0.0769. The van der Waals surface area contributed by atoms with Crippen LogP contribution in [0.5, 0.6) is 0 Å². The molecule has 1 aromatic carbocycles. The van der Waals surface area contributed by atoms with Crippen LogP contribution in [0.1, 0.15) is 16.1 Å². The van der Waals surface area contributed by atoms with Crippen LogP contribution in [-0.4, -0.2) is 11.3 Å². The van der Waals surface area contributed by atoms with Crippen molar-refractivity contribution in [3.63, 3.8) is 0 Å². The van der Waals surface area contributed by atoms with Gasteiger partial charge in [-0.05, 0) is 24.3 Å². The zero-order valence-electron chi connectivity index (χ0n) is 9.41. The van der Waals surface area contributed by atoms with Crippen molar-refractivity contribution < 1.29 is 22.4 Å². The maximum absolute atomic E-state index is 13.1. The predicted octanol–water partition coefficient (Wildman–Crippen LogP) is 3.72. The topological polar surface area (TPSA) is 30.0 Å². The van der Waals surface area contributed by atoms with Crippen LogP contribution in [0.2, 0.25) is 0 Å². The first kappa shape index (κ1) is 13.2. The summed E-state index contributed by atoms with van der Waals surface area (Å²) in [6.07, 6.45) is -4.25. The maximum Gasteiger partial charge on any atom is 0.416 e. The number of nitrogens with zero attached hydrogens (tertiary/aromatic N) is 1. The summed E-state index contributed by atoms with van der Waals surface area (Å²) in [6.45, 7) is 0. The fourth-order valence-electron chi connectivity index (χ4n) is 1.56. The standard InChI is InChI=1S/C13H7F4NO/c14-10-4-5-11(18-12(10)7-19)8-2-1-3-9(6-8)13(15,16)17/h1-7H.